The van der Waals surface area contributed by atoms with Crippen LogP contribution in [0.25, 0.3) is 0 Å². The molecule has 0 radical (unpaired) electrons. The molecule has 0 aromatic carbocycles. The Morgan fingerprint density at radius 2 is 2.10 bits per heavy atom. The molecule has 0 spiro atoms. The normalized spacial score (nSPS) is 19.3. The molecule has 5 nitrogen and oxygen atoms in total. The van der Waals surface area contributed by atoms with Crippen LogP contribution in [0.5, 0.6) is 0 Å². The fourth-order valence-corrected chi connectivity index (χ4v) is 3.15. The molecule has 21 heavy (non-hydrogen) atoms. The Kier molecular flexibility index (Phi) is 5.13. The van der Waals surface area contributed by atoms with E-state index in [0.717, 1.165) is 49.4 Å². The lowest BCUT2D eigenvalue weighted by Gasteiger charge is -2.36. The first-order valence-corrected chi connectivity index (χ1v) is 7.82. The van der Waals surface area contributed by atoms with Crippen LogP contribution in [0.2, 0.25) is 0 Å². The standard InChI is InChI=1S/C16H25N5/c1-5-13-14(10-17)16(19-18-15(13)6-2)21(4)12-8-7-9-20(3)11-12/h12H,5-9,11H2,1-4H3. The number of likely N-dealkylation sites (tertiary alicyclic amines) is 1. The summed E-state index contributed by atoms with van der Waals surface area (Å²) in [7, 11) is 4.19. The number of anilines is 1. The van der Waals surface area contributed by atoms with Gasteiger partial charge in [0.2, 0.25) is 0 Å². The van der Waals surface area contributed by atoms with Crippen molar-refractivity contribution in [2.75, 3.05) is 32.1 Å². The maximum Gasteiger partial charge on any atom is 0.169 e. The maximum absolute atomic E-state index is 9.59. The molecule has 2 rings (SSSR count). The minimum Gasteiger partial charge on any atom is -0.353 e. The highest BCUT2D eigenvalue weighted by molar-refractivity contribution is 5.58. The van der Waals surface area contributed by atoms with Crippen molar-refractivity contribution >= 4 is 5.82 Å². The first-order chi connectivity index (χ1) is 10.1. The Morgan fingerprint density at radius 1 is 1.33 bits per heavy atom. The summed E-state index contributed by atoms with van der Waals surface area (Å²) in [6.07, 6.45) is 3.98. The number of hydrogen-bond acceptors (Lipinski definition) is 5. The van der Waals surface area contributed by atoms with Gasteiger partial charge < -0.3 is 9.80 Å². The van der Waals surface area contributed by atoms with Gasteiger partial charge in [0.1, 0.15) is 11.6 Å². The number of piperidine rings is 1. The monoisotopic (exact) mass is 287 g/mol. The summed E-state index contributed by atoms with van der Waals surface area (Å²) in [6.45, 7) is 6.30. The maximum atomic E-state index is 9.59. The number of nitriles is 1. The van der Waals surface area contributed by atoms with Crippen molar-refractivity contribution in [2.45, 2.75) is 45.6 Å². The topological polar surface area (TPSA) is 56.1 Å². The fraction of sp³-hybridized carbons (Fsp3) is 0.688. The Labute approximate surface area is 127 Å². The van der Waals surface area contributed by atoms with E-state index in [2.05, 4.69) is 47.0 Å². The smallest absolute Gasteiger partial charge is 0.169 e. The SMILES string of the molecule is CCc1nnc(N(C)C2CCCN(C)C2)c(C#N)c1CC. The average Bonchev–Trinajstić information content (AvgIpc) is 2.52. The zero-order chi connectivity index (χ0) is 15.4. The number of likely N-dealkylation sites (N-methyl/N-ethyl adjacent to an activating group) is 2. The van der Waals surface area contributed by atoms with E-state index in [1.54, 1.807) is 0 Å². The van der Waals surface area contributed by atoms with Crippen molar-refractivity contribution in [2.24, 2.45) is 0 Å². The van der Waals surface area contributed by atoms with E-state index in [0.29, 0.717) is 11.6 Å². The van der Waals surface area contributed by atoms with Gasteiger partial charge in [0.15, 0.2) is 5.82 Å². The molecule has 1 aromatic rings. The van der Waals surface area contributed by atoms with E-state index in [1.807, 2.05) is 7.05 Å². The van der Waals surface area contributed by atoms with E-state index in [-0.39, 0.29) is 0 Å². The van der Waals surface area contributed by atoms with Crippen molar-refractivity contribution in [1.29, 1.82) is 5.26 Å². The van der Waals surface area contributed by atoms with E-state index >= 15 is 0 Å². The second-order valence-electron chi connectivity index (χ2n) is 5.81. The summed E-state index contributed by atoms with van der Waals surface area (Å²) >= 11 is 0. The number of aryl methyl sites for hydroxylation is 1. The first-order valence-electron chi connectivity index (χ1n) is 7.82. The minimum absolute atomic E-state index is 0.405. The Balaban J connectivity index is 2.37. The van der Waals surface area contributed by atoms with Crippen LogP contribution < -0.4 is 4.90 Å². The second kappa shape index (κ2) is 6.86. The van der Waals surface area contributed by atoms with Gasteiger partial charge in [-0.15, -0.1) is 5.10 Å². The molecule has 1 aliphatic rings. The highest BCUT2D eigenvalue weighted by atomic mass is 15.3. The molecule has 0 N–H and O–H groups in total. The molecule has 0 saturated carbocycles. The number of aromatic nitrogens is 2. The Hall–Kier alpha value is -1.67. The second-order valence-corrected chi connectivity index (χ2v) is 5.81. The van der Waals surface area contributed by atoms with Crippen LogP contribution in [-0.4, -0.2) is 48.3 Å². The van der Waals surface area contributed by atoms with Gasteiger partial charge in [-0.05, 0) is 44.8 Å². The number of nitrogens with zero attached hydrogens (tertiary/aromatic N) is 5. The van der Waals surface area contributed by atoms with Crippen molar-refractivity contribution in [3.63, 3.8) is 0 Å². The quantitative estimate of drug-likeness (QED) is 0.848. The third-order valence-electron chi connectivity index (χ3n) is 4.42. The minimum atomic E-state index is 0.405. The third-order valence-corrected chi connectivity index (χ3v) is 4.42. The first kappa shape index (κ1) is 15.7. The van der Waals surface area contributed by atoms with Crippen LogP contribution in [0.3, 0.4) is 0 Å². The van der Waals surface area contributed by atoms with Crippen LogP contribution in [0.15, 0.2) is 0 Å². The highest BCUT2D eigenvalue weighted by Gasteiger charge is 2.25. The van der Waals surface area contributed by atoms with Crippen LogP contribution in [0, 0.1) is 11.3 Å². The van der Waals surface area contributed by atoms with E-state index < -0.39 is 0 Å². The molecule has 1 atom stereocenters. The molecule has 0 aliphatic carbocycles. The largest absolute Gasteiger partial charge is 0.353 e. The molecule has 0 bridgehead atoms. The summed E-state index contributed by atoms with van der Waals surface area (Å²) in [5.41, 5.74) is 2.72. The molecule has 1 fully saturated rings. The predicted molar refractivity (Wildman–Crippen MR) is 84.4 cm³/mol. The fourth-order valence-electron chi connectivity index (χ4n) is 3.15. The van der Waals surface area contributed by atoms with Crippen molar-refractivity contribution in [3.8, 4) is 6.07 Å². The zero-order valence-corrected chi connectivity index (χ0v) is 13.6. The van der Waals surface area contributed by atoms with E-state index in [1.165, 1.54) is 6.42 Å². The molecule has 1 saturated heterocycles. The van der Waals surface area contributed by atoms with Gasteiger partial charge >= 0.3 is 0 Å². The molecular formula is C16H25N5. The number of rotatable bonds is 4. The van der Waals surface area contributed by atoms with E-state index in [4.69, 9.17) is 0 Å². The van der Waals surface area contributed by atoms with Crippen molar-refractivity contribution in [3.05, 3.63) is 16.8 Å². The van der Waals surface area contributed by atoms with Crippen LogP contribution in [0.4, 0.5) is 5.82 Å². The summed E-state index contributed by atoms with van der Waals surface area (Å²) in [5.74, 6) is 0.742. The molecular weight excluding hydrogens is 262 g/mol. The van der Waals surface area contributed by atoms with Gasteiger partial charge in [-0.2, -0.15) is 10.4 Å². The predicted octanol–water partition coefficient (Wildman–Crippen LogP) is 2.00. The van der Waals surface area contributed by atoms with E-state index in [9.17, 15) is 5.26 Å². The molecule has 1 unspecified atom stereocenters. The summed E-state index contributed by atoms with van der Waals surface area (Å²) in [4.78, 5) is 4.49. The Bertz CT molecular complexity index is 534. The molecule has 114 valence electrons. The highest BCUT2D eigenvalue weighted by Crippen LogP contribution is 2.26. The van der Waals surface area contributed by atoms with Gasteiger partial charge in [0.25, 0.3) is 0 Å². The van der Waals surface area contributed by atoms with Crippen LogP contribution >= 0.6 is 0 Å². The van der Waals surface area contributed by atoms with Crippen LogP contribution in [-0.2, 0) is 12.8 Å². The summed E-state index contributed by atoms with van der Waals surface area (Å²) < 4.78 is 0. The van der Waals surface area contributed by atoms with Crippen LogP contribution in [0.1, 0.15) is 43.5 Å². The lowest BCUT2D eigenvalue weighted by atomic mass is 10.0. The van der Waals surface area contributed by atoms with Gasteiger partial charge in [-0.3, -0.25) is 0 Å². The molecule has 2 heterocycles. The lowest BCUT2D eigenvalue weighted by Crippen LogP contribution is -2.45. The van der Waals surface area contributed by atoms with Gasteiger partial charge in [-0.1, -0.05) is 13.8 Å². The molecule has 0 amide bonds. The molecule has 1 aromatic heterocycles. The Morgan fingerprint density at radius 3 is 2.67 bits per heavy atom. The van der Waals surface area contributed by atoms with Gasteiger partial charge in [0.05, 0.1) is 5.69 Å². The van der Waals surface area contributed by atoms with Gasteiger partial charge in [0, 0.05) is 19.6 Å². The number of hydrogen-bond donors (Lipinski definition) is 0. The third kappa shape index (κ3) is 3.16. The summed E-state index contributed by atoms with van der Waals surface area (Å²) in [6, 6.07) is 2.77. The zero-order valence-electron chi connectivity index (χ0n) is 13.6. The lowest BCUT2D eigenvalue weighted by molar-refractivity contribution is 0.247. The van der Waals surface area contributed by atoms with Crippen molar-refractivity contribution in [1.82, 2.24) is 15.1 Å². The molecule has 1 aliphatic heterocycles. The molecule has 5 heteroatoms. The van der Waals surface area contributed by atoms with Crippen molar-refractivity contribution < 1.29 is 0 Å². The summed E-state index contributed by atoms with van der Waals surface area (Å²) in [5, 5.41) is 18.3. The average molecular weight is 287 g/mol. The van der Waals surface area contributed by atoms with Gasteiger partial charge in [-0.25, -0.2) is 0 Å².